The number of nitro benzene ring substituents is 1. The molecule has 2 aromatic carbocycles. The highest BCUT2D eigenvalue weighted by Gasteiger charge is 2.05. The van der Waals surface area contributed by atoms with E-state index in [1.165, 1.54) is 12.1 Å². The summed E-state index contributed by atoms with van der Waals surface area (Å²) in [4.78, 5) is 10.1. The van der Waals surface area contributed by atoms with Gasteiger partial charge in [0.05, 0.1) is 4.92 Å². The minimum absolute atomic E-state index is 0.0971. The van der Waals surface area contributed by atoms with Crippen LogP contribution in [0, 0.1) is 10.1 Å². The van der Waals surface area contributed by atoms with Crippen molar-refractivity contribution in [3.63, 3.8) is 0 Å². The standard InChI is InChI=1S/C10H6ClNO2/c11-9-3-1-8-6-10(12(13)14)4-2-7(8)5-9/h1-6H. The first-order chi connectivity index (χ1) is 6.66. The highest BCUT2D eigenvalue weighted by atomic mass is 35.5. The fraction of sp³-hybridized carbons (Fsp3) is 0. The van der Waals surface area contributed by atoms with Crippen LogP contribution in [0.2, 0.25) is 5.02 Å². The maximum Gasteiger partial charge on any atom is 0.270 e. The van der Waals surface area contributed by atoms with E-state index in [9.17, 15) is 10.1 Å². The van der Waals surface area contributed by atoms with Gasteiger partial charge in [0.25, 0.3) is 5.69 Å². The second-order valence-corrected chi connectivity index (χ2v) is 3.37. The third-order valence-electron chi connectivity index (χ3n) is 2.00. The molecule has 0 spiro atoms. The van der Waals surface area contributed by atoms with Gasteiger partial charge < -0.3 is 0 Å². The molecule has 0 amide bonds. The second-order valence-electron chi connectivity index (χ2n) is 2.93. The highest BCUT2D eigenvalue weighted by molar-refractivity contribution is 6.31. The van der Waals surface area contributed by atoms with Crippen LogP contribution in [0.4, 0.5) is 5.69 Å². The van der Waals surface area contributed by atoms with Crippen LogP contribution < -0.4 is 0 Å². The Morgan fingerprint density at radius 1 is 1.07 bits per heavy atom. The lowest BCUT2D eigenvalue weighted by Gasteiger charge is -1.97. The number of hydrogen-bond acceptors (Lipinski definition) is 2. The number of non-ortho nitro benzene ring substituents is 1. The van der Waals surface area contributed by atoms with Gasteiger partial charge in [-0.15, -0.1) is 0 Å². The molecule has 2 aromatic rings. The number of nitrogens with zero attached hydrogens (tertiary/aromatic N) is 1. The summed E-state index contributed by atoms with van der Waals surface area (Å²) < 4.78 is 0. The summed E-state index contributed by atoms with van der Waals surface area (Å²) in [5.41, 5.74) is 0.0971. The Morgan fingerprint density at radius 2 is 1.71 bits per heavy atom. The summed E-state index contributed by atoms with van der Waals surface area (Å²) in [5, 5.41) is 12.9. The van der Waals surface area contributed by atoms with Crippen molar-refractivity contribution in [2.75, 3.05) is 0 Å². The van der Waals surface area contributed by atoms with Crippen molar-refractivity contribution in [3.05, 3.63) is 51.5 Å². The number of rotatable bonds is 1. The molecule has 0 bridgehead atoms. The summed E-state index contributed by atoms with van der Waals surface area (Å²) >= 11 is 5.79. The summed E-state index contributed by atoms with van der Waals surface area (Å²) in [7, 11) is 0. The Morgan fingerprint density at radius 3 is 2.43 bits per heavy atom. The molecule has 0 saturated carbocycles. The molecule has 70 valence electrons. The molecule has 3 nitrogen and oxygen atoms in total. The maximum atomic E-state index is 10.5. The summed E-state index contributed by atoms with van der Waals surface area (Å²) in [5.74, 6) is 0. The van der Waals surface area contributed by atoms with E-state index in [1.54, 1.807) is 24.3 Å². The zero-order valence-electron chi connectivity index (χ0n) is 7.11. The molecule has 0 radical (unpaired) electrons. The average Bonchev–Trinajstić information content (AvgIpc) is 2.16. The van der Waals surface area contributed by atoms with Crippen molar-refractivity contribution in [1.29, 1.82) is 0 Å². The van der Waals surface area contributed by atoms with Gasteiger partial charge in [-0.2, -0.15) is 0 Å². The van der Waals surface area contributed by atoms with Crippen molar-refractivity contribution in [2.45, 2.75) is 0 Å². The van der Waals surface area contributed by atoms with Gasteiger partial charge in [0.15, 0.2) is 0 Å². The summed E-state index contributed by atoms with van der Waals surface area (Å²) in [6.07, 6.45) is 0. The lowest BCUT2D eigenvalue weighted by Crippen LogP contribution is -1.86. The molecule has 0 aliphatic rings. The van der Waals surface area contributed by atoms with Crippen LogP contribution in [-0.2, 0) is 0 Å². The predicted molar refractivity (Wildman–Crippen MR) is 55.6 cm³/mol. The van der Waals surface area contributed by atoms with Crippen LogP contribution in [0.1, 0.15) is 0 Å². The Hall–Kier alpha value is -1.61. The lowest BCUT2D eigenvalue weighted by molar-refractivity contribution is -0.384. The van der Waals surface area contributed by atoms with E-state index in [-0.39, 0.29) is 5.69 Å². The zero-order chi connectivity index (χ0) is 10.1. The van der Waals surface area contributed by atoms with E-state index in [2.05, 4.69) is 0 Å². The molecule has 0 aliphatic heterocycles. The van der Waals surface area contributed by atoms with Crippen molar-refractivity contribution >= 4 is 28.1 Å². The molecule has 2 rings (SSSR count). The maximum absolute atomic E-state index is 10.5. The summed E-state index contributed by atoms with van der Waals surface area (Å²) in [6.45, 7) is 0. The van der Waals surface area contributed by atoms with Crippen molar-refractivity contribution in [3.8, 4) is 0 Å². The van der Waals surface area contributed by atoms with Crippen LogP contribution in [-0.4, -0.2) is 4.92 Å². The zero-order valence-corrected chi connectivity index (χ0v) is 7.86. The van der Waals surface area contributed by atoms with Crippen LogP contribution >= 0.6 is 11.6 Å². The van der Waals surface area contributed by atoms with E-state index in [0.717, 1.165) is 10.8 Å². The largest absolute Gasteiger partial charge is 0.270 e. The second kappa shape index (κ2) is 3.27. The average molecular weight is 208 g/mol. The van der Waals surface area contributed by atoms with E-state index in [0.29, 0.717) is 5.02 Å². The molecule has 0 atom stereocenters. The normalized spacial score (nSPS) is 10.4. The van der Waals surface area contributed by atoms with Crippen molar-refractivity contribution in [2.24, 2.45) is 0 Å². The number of hydrogen-bond donors (Lipinski definition) is 0. The molecular weight excluding hydrogens is 202 g/mol. The SMILES string of the molecule is O=[N+]([O-])c1ccc2cc(Cl)ccc2c1. The quantitative estimate of drug-likeness (QED) is 0.531. The highest BCUT2D eigenvalue weighted by Crippen LogP contribution is 2.23. The van der Waals surface area contributed by atoms with Gasteiger partial charge in [-0.1, -0.05) is 17.7 Å². The van der Waals surface area contributed by atoms with E-state index >= 15 is 0 Å². The minimum atomic E-state index is -0.409. The fourth-order valence-electron chi connectivity index (χ4n) is 1.32. The van der Waals surface area contributed by atoms with E-state index < -0.39 is 4.92 Å². The molecule has 14 heavy (non-hydrogen) atoms. The van der Waals surface area contributed by atoms with Gasteiger partial charge in [0, 0.05) is 17.2 Å². The molecule has 0 N–H and O–H groups in total. The first kappa shape index (κ1) is 8.97. The van der Waals surface area contributed by atoms with Crippen LogP contribution in [0.15, 0.2) is 36.4 Å². The molecule has 0 fully saturated rings. The number of halogens is 1. The Kier molecular flexibility index (Phi) is 2.09. The number of benzene rings is 2. The molecule has 0 saturated heterocycles. The Labute approximate surface area is 85.1 Å². The molecule has 0 unspecified atom stereocenters. The topological polar surface area (TPSA) is 43.1 Å². The monoisotopic (exact) mass is 207 g/mol. The van der Waals surface area contributed by atoms with Gasteiger partial charge in [0.1, 0.15) is 0 Å². The van der Waals surface area contributed by atoms with Gasteiger partial charge >= 0.3 is 0 Å². The van der Waals surface area contributed by atoms with Gasteiger partial charge in [-0.25, -0.2) is 0 Å². The predicted octanol–water partition coefficient (Wildman–Crippen LogP) is 3.40. The summed E-state index contributed by atoms with van der Waals surface area (Å²) in [6, 6.07) is 9.96. The Balaban J connectivity index is 2.67. The first-order valence-electron chi connectivity index (χ1n) is 4.00. The Bertz CT molecular complexity index is 510. The molecular formula is C10H6ClNO2. The third-order valence-corrected chi connectivity index (χ3v) is 2.23. The smallest absolute Gasteiger partial charge is 0.258 e. The molecule has 0 heterocycles. The molecule has 4 heteroatoms. The van der Waals surface area contributed by atoms with Crippen LogP contribution in [0.3, 0.4) is 0 Å². The molecule has 0 aliphatic carbocycles. The van der Waals surface area contributed by atoms with Crippen LogP contribution in [0.25, 0.3) is 10.8 Å². The van der Waals surface area contributed by atoms with Gasteiger partial charge in [-0.3, -0.25) is 10.1 Å². The van der Waals surface area contributed by atoms with Crippen molar-refractivity contribution in [1.82, 2.24) is 0 Å². The van der Waals surface area contributed by atoms with Gasteiger partial charge in [0.2, 0.25) is 0 Å². The fourth-order valence-corrected chi connectivity index (χ4v) is 1.50. The first-order valence-corrected chi connectivity index (χ1v) is 4.38. The van der Waals surface area contributed by atoms with Gasteiger partial charge in [-0.05, 0) is 29.0 Å². The van der Waals surface area contributed by atoms with Crippen molar-refractivity contribution < 1.29 is 4.92 Å². The number of nitro groups is 1. The lowest BCUT2D eigenvalue weighted by atomic mass is 10.1. The minimum Gasteiger partial charge on any atom is -0.258 e. The van der Waals surface area contributed by atoms with Crippen LogP contribution in [0.5, 0.6) is 0 Å². The number of fused-ring (bicyclic) bond motifs is 1. The van der Waals surface area contributed by atoms with E-state index in [1.807, 2.05) is 0 Å². The molecule has 0 aromatic heterocycles. The van der Waals surface area contributed by atoms with E-state index in [4.69, 9.17) is 11.6 Å². The third kappa shape index (κ3) is 1.54.